The van der Waals surface area contributed by atoms with Crippen molar-refractivity contribution in [3.8, 4) is 0 Å². The predicted molar refractivity (Wildman–Crippen MR) is 115 cm³/mol. The zero-order valence-corrected chi connectivity index (χ0v) is 16.8. The van der Waals surface area contributed by atoms with Gasteiger partial charge in [-0.25, -0.2) is 0 Å². The van der Waals surface area contributed by atoms with E-state index < -0.39 is 0 Å². The van der Waals surface area contributed by atoms with Crippen molar-refractivity contribution < 1.29 is 14.4 Å². The Hall–Kier alpha value is -3.15. The second-order valence-electron chi connectivity index (χ2n) is 7.65. The smallest absolute Gasteiger partial charge is 0.227 e. The van der Waals surface area contributed by atoms with Crippen molar-refractivity contribution in [2.75, 3.05) is 16.0 Å². The fourth-order valence-corrected chi connectivity index (χ4v) is 3.58. The summed E-state index contributed by atoms with van der Waals surface area (Å²) < 4.78 is 0. The van der Waals surface area contributed by atoms with Crippen LogP contribution < -0.4 is 16.0 Å². The number of nitrogens with one attached hydrogen (secondary N) is 3. The third-order valence-corrected chi connectivity index (χ3v) is 5.26. The fourth-order valence-electron chi connectivity index (χ4n) is 3.58. The van der Waals surface area contributed by atoms with Crippen molar-refractivity contribution in [3.63, 3.8) is 0 Å². The molecule has 0 saturated heterocycles. The van der Waals surface area contributed by atoms with Gasteiger partial charge in [0.2, 0.25) is 17.7 Å². The van der Waals surface area contributed by atoms with Gasteiger partial charge in [0.05, 0.1) is 0 Å². The van der Waals surface area contributed by atoms with E-state index in [1.807, 2.05) is 31.2 Å². The van der Waals surface area contributed by atoms with Gasteiger partial charge < -0.3 is 16.0 Å². The van der Waals surface area contributed by atoms with Crippen molar-refractivity contribution in [3.05, 3.63) is 54.1 Å². The van der Waals surface area contributed by atoms with Crippen molar-refractivity contribution in [1.82, 2.24) is 0 Å². The lowest BCUT2D eigenvalue weighted by Gasteiger charge is -2.27. The topological polar surface area (TPSA) is 87.3 Å². The van der Waals surface area contributed by atoms with Gasteiger partial charge in [-0.15, -0.1) is 0 Å². The summed E-state index contributed by atoms with van der Waals surface area (Å²) in [6.07, 6.45) is 2.80. The Labute approximate surface area is 171 Å². The molecule has 1 fully saturated rings. The van der Waals surface area contributed by atoms with Gasteiger partial charge in [-0.3, -0.25) is 14.4 Å². The van der Waals surface area contributed by atoms with Gasteiger partial charge in [0.1, 0.15) is 0 Å². The monoisotopic (exact) mass is 393 g/mol. The lowest BCUT2D eigenvalue weighted by Crippen LogP contribution is -2.32. The third-order valence-electron chi connectivity index (χ3n) is 5.26. The largest absolute Gasteiger partial charge is 0.326 e. The number of amides is 3. The number of hydrogen-bond acceptors (Lipinski definition) is 3. The Balaban J connectivity index is 1.47. The molecule has 3 amide bonds. The van der Waals surface area contributed by atoms with E-state index in [0.717, 1.165) is 11.3 Å². The molecule has 0 radical (unpaired) electrons. The Morgan fingerprint density at radius 3 is 1.38 bits per heavy atom. The average Bonchev–Trinajstić information content (AvgIpc) is 2.71. The summed E-state index contributed by atoms with van der Waals surface area (Å²) in [4.78, 5) is 36.1. The number of benzene rings is 2. The molecule has 3 rings (SSSR count). The first-order chi connectivity index (χ1) is 13.9. The molecule has 29 heavy (non-hydrogen) atoms. The molecular weight excluding hydrogens is 366 g/mol. The molecule has 1 aliphatic rings. The molecule has 0 atom stereocenters. The summed E-state index contributed by atoms with van der Waals surface area (Å²) in [6.45, 7) is 3.46. The van der Waals surface area contributed by atoms with E-state index in [4.69, 9.17) is 0 Å². The Bertz CT molecular complexity index is 867. The van der Waals surface area contributed by atoms with Crippen LogP contribution in [0.4, 0.5) is 17.1 Å². The second kappa shape index (κ2) is 9.37. The van der Waals surface area contributed by atoms with E-state index in [-0.39, 0.29) is 29.6 Å². The molecule has 2 aromatic rings. The zero-order chi connectivity index (χ0) is 20.8. The van der Waals surface area contributed by atoms with E-state index in [1.54, 1.807) is 24.3 Å². The van der Waals surface area contributed by atoms with E-state index in [0.29, 0.717) is 37.1 Å². The summed E-state index contributed by atoms with van der Waals surface area (Å²) in [5.74, 6) is -0.272. The minimum atomic E-state index is -0.134. The molecule has 3 N–H and O–H groups in total. The average molecular weight is 393 g/mol. The Morgan fingerprint density at radius 2 is 1.00 bits per heavy atom. The molecule has 0 aliphatic heterocycles. The van der Waals surface area contributed by atoms with Crippen LogP contribution in [0.2, 0.25) is 0 Å². The van der Waals surface area contributed by atoms with Crippen LogP contribution >= 0.6 is 0 Å². The van der Waals surface area contributed by atoms with Gasteiger partial charge in [0, 0.05) is 35.8 Å². The lowest BCUT2D eigenvalue weighted by molar-refractivity contribution is -0.125. The van der Waals surface area contributed by atoms with Gasteiger partial charge in [0.15, 0.2) is 0 Å². The van der Waals surface area contributed by atoms with Gasteiger partial charge >= 0.3 is 0 Å². The van der Waals surface area contributed by atoms with E-state index in [1.165, 1.54) is 6.92 Å². The zero-order valence-electron chi connectivity index (χ0n) is 16.8. The predicted octanol–water partition coefficient (Wildman–Crippen LogP) is 4.34. The fraction of sp³-hybridized carbons (Fsp3) is 0.348. The van der Waals surface area contributed by atoms with Crippen LogP contribution in [0, 0.1) is 18.8 Å². The van der Waals surface area contributed by atoms with Crippen molar-refractivity contribution >= 4 is 34.8 Å². The van der Waals surface area contributed by atoms with E-state index >= 15 is 0 Å². The van der Waals surface area contributed by atoms with Crippen molar-refractivity contribution in [2.24, 2.45) is 11.8 Å². The number of rotatable bonds is 5. The van der Waals surface area contributed by atoms with Gasteiger partial charge in [-0.05, 0) is 69.0 Å². The number of hydrogen-bond donors (Lipinski definition) is 3. The third kappa shape index (κ3) is 5.91. The highest BCUT2D eigenvalue weighted by Crippen LogP contribution is 2.30. The first kappa shape index (κ1) is 20.6. The summed E-state index contributed by atoms with van der Waals surface area (Å²) in [7, 11) is 0. The maximum absolute atomic E-state index is 12.5. The summed E-state index contributed by atoms with van der Waals surface area (Å²) in [5, 5.41) is 8.60. The van der Waals surface area contributed by atoms with E-state index in [9.17, 15) is 14.4 Å². The quantitative estimate of drug-likeness (QED) is 0.706. The molecule has 152 valence electrons. The molecule has 6 nitrogen and oxygen atoms in total. The van der Waals surface area contributed by atoms with Crippen LogP contribution in [-0.2, 0) is 14.4 Å². The number of carbonyl (C=O) groups is 3. The second-order valence-corrected chi connectivity index (χ2v) is 7.65. The van der Waals surface area contributed by atoms with Crippen LogP contribution in [0.1, 0.15) is 38.2 Å². The number of carbonyl (C=O) groups excluding carboxylic acids is 3. The van der Waals surface area contributed by atoms with Gasteiger partial charge in [-0.2, -0.15) is 0 Å². The molecule has 0 bridgehead atoms. The first-order valence-electron chi connectivity index (χ1n) is 9.97. The van der Waals surface area contributed by atoms with E-state index in [2.05, 4.69) is 16.0 Å². The number of anilines is 3. The first-order valence-corrected chi connectivity index (χ1v) is 9.97. The highest BCUT2D eigenvalue weighted by Gasteiger charge is 2.30. The molecular formula is C23H27N3O3. The van der Waals surface area contributed by atoms with Crippen LogP contribution in [0.5, 0.6) is 0 Å². The molecule has 1 aliphatic carbocycles. The van der Waals surface area contributed by atoms with Crippen molar-refractivity contribution in [1.29, 1.82) is 0 Å². The minimum absolute atomic E-state index is 0.0188. The molecule has 0 aromatic heterocycles. The van der Waals surface area contributed by atoms with Crippen LogP contribution in [0.15, 0.2) is 48.5 Å². The van der Waals surface area contributed by atoms with Crippen LogP contribution in [0.25, 0.3) is 0 Å². The van der Waals surface area contributed by atoms with Crippen LogP contribution in [0.3, 0.4) is 0 Å². The van der Waals surface area contributed by atoms with Crippen LogP contribution in [-0.4, -0.2) is 17.7 Å². The summed E-state index contributed by atoms with van der Waals surface area (Å²) >= 11 is 0. The van der Waals surface area contributed by atoms with Crippen molar-refractivity contribution in [2.45, 2.75) is 39.5 Å². The molecule has 2 aromatic carbocycles. The molecule has 0 heterocycles. The van der Waals surface area contributed by atoms with Gasteiger partial charge in [0.25, 0.3) is 0 Å². The maximum Gasteiger partial charge on any atom is 0.227 e. The highest BCUT2D eigenvalue weighted by molar-refractivity contribution is 5.95. The lowest BCUT2D eigenvalue weighted by atomic mass is 9.81. The summed E-state index contributed by atoms with van der Waals surface area (Å²) in [6, 6.07) is 14.8. The highest BCUT2D eigenvalue weighted by atomic mass is 16.2. The standard InChI is InChI=1S/C23H27N3O3/c1-15-3-9-20(10-4-15)25-22(28)17-5-7-18(8-6-17)23(29)26-21-13-11-19(12-14-21)24-16(2)27/h3-4,9-14,17-18H,5-8H2,1-2H3,(H,24,27)(H,25,28)(H,26,29). The number of aryl methyl sites for hydroxylation is 1. The molecule has 6 heteroatoms. The molecule has 0 unspecified atom stereocenters. The normalized spacial score (nSPS) is 18.6. The molecule has 1 saturated carbocycles. The Morgan fingerprint density at radius 1 is 0.655 bits per heavy atom. The Kier molecular flexibility index (Phi) is 6.65. The maximum atomic E-state index is 12.5. The van der Waals surface area contributed by atoms with Gasteiger partial charge in [-0.1, -0.05) is 17.7 Å². The minimum Gasteiger partial charge on any atom is -0.326 e. The SMILES string of the molecule is CC(=O)Nc1ccc(NC(=O)C2CCC(C(=O)Nc3ccc(C)cc3)CC2)cc1. The molecule has 0 spiro atoms. The summed E-state index contributed by atoms with van der Waals surface area (Å²) in [5.41, 5.74) is 3.35.